The topological polar surface area (TPSA) is 55.8 Å². The number of phenols is 1. The van der Waals surface area contributed by atoms with Gasteiger partial charge in [-0.3, -0.25) is 4.79 Å². The van der Waals surface area contributed by atoms with Gasteiger partial charge in [0, 0.05) is 23.1 Å². The lowest BCUT2D eigenvalue weighted by Gasteiger charge is -2.42. The van der Waals surface area contributed by atoms with Gasteiger partial charge < -0.3 is 14.3 Å². The Hall–Kier alpha value is -1.53. The van der Waals surface area contributed by atoms with E-state index in [1.54, 1.807) is 11.4 Å². The van der Waals surface area contributed by atoms with Gasteiger partial charge in [-0.1, -0.05) is 41.5 Å². The van der Waals surface area contributed by atoms with Gasteiger partial charge in [0.1, 0.15) is 11.5 Å². The first kappa shape index (κ1) is 19.8. The number of fused-ring (bicyclic) bond motifs is 1. The standard InChI is InChI=1S/C19H28O4SSi/c1-11(2)25(12(3)4,13(5)6)23-15-8-16(21)19-17(22-14(7)20)10-24-18(19)9-15/h8-13,21H,1-7H3. The molecular weight excluding hydrogens is 352 g/mol. The zero-order valence-electron chi connectivity index (χ0n) is 16.0. The molecular formula is C19H28O4SSi. The smallest absolute Gasteiger partial charge is 0.308 e. The number of benzene rings is 1. The number of carbonyl (C=O) groups excluding carboxylic acids is 1. The summed E-state index contributed by atoms with van der Waals surface area (Å²) in [6.07, 6.45) is 0. The Morgan fingerprint density at radius 2 is 1.64 bits per heavy atom. The van der Waals surface area contributed by atoms with Crippen molar-refractivity contribution in [2.75, 3.05) is 0 Å². The number of aromatic hydroxyl groups is 1. The van der Waals surface area contributed by atoms with Crippen molar-refractivity contribution in [1.29, 1.82) is 0 Å². The number of hydrogen-bond donors (Lipinski definition) is 1. The molecule has 0 saturated heterocycles. The minimum atomic E-state index is -2.09. The maximum Gasteiger partial charge on any atom is 0.308 e. The van der Waals surface area contributed by atoms with Crippen LogP contribution in [-0.2, 0) is 4.79 Å². The summed E-state index contributed by atoms with van der Waals surface area (Å²) in [5, 5.41) is 12.8. The van der Waals surface area contributed by atoms with Gasteiger partial charge in [-0.25, -0.2) is 0 Å². The van der Waals surface area contributed by atoms with Gasteiger partial charge in [-0.2, -0.15) is 0 Å². The van der Waals surface area contributed by atoms with E-state index in [-0.39, 0.29) is 5.75 Å². The zero-order chi connectivity index (χ0) is 18.9. The Labute approximate surface area is 154 Å². The maximum atomic E-state index is 11.2. The number of rotatable bonds is 6. The van der Waals surface area contributed by atoms with E-state index in [1.165, 1.54) is 18.3 Å². The van der Waals surface area contributed by atoms with Gasteiger partial charge in [0.2, 0.25) is 0 Å². The lowest BCUT2D eigenvalue weighted by Crippen LogP contribution is -2.50. The molecule has 1 heterocycles. The van der Waals surface area contributed by atoms with Crippen LogP contribution in [0.3, 0.4) is 0 Å². The lowest BCUT2D eigenvalue weighted by atomic mass is 10.2. The molecule has 0 aliphatic carbocycles. The summed E-state index contributed by atoms with van der Waals surface area (Å²) in [6.45, 7) is 14.7. The van der Waals surface area contributed by atoms with Crippen LogP contribution in [0.4, 0.5) is 0 Å². The molecule has 0 aliphatic rings. The average Bonchev–Trinajstić information content (AvgIpc) is 2.86. The molecule has 0 bridgehead atoms. The molecule has 0 saturated carbocycles. The fourth-order valence-electron chi connectivity index (χ4n) is 3.94. The molecule has 0 atom stereocenters. The molecule has 0 aliphatic heterocycles. The number of phenolic OH excluding ortho intramolecular Hbond substituents is 1. The van der Waals surface area contributed by atoms with Crippen molar-refractivity contribution in [2.24, 2.45) is 0 Å². The van der Waals surface area contributed by atoms with E-state index in [1.807, 2.05) is 6.07 Å². The van der Waals surface area contributed by atoms with Crippen LogP contribution in [0.2, 0.25) is 16.6 Å². The van der Waals surface area contributed by atoms with Gasteiger partial charge in [0.25, 0.3) is 8.32 Å². The predicted molar refractivity (Wildman–Crippen MR) is 106 cm³/mol. The van der Waals surface area contributed by atoms with Crippen molar-refractivity contribution < 1.29 is 19.1 Å². The highest BCUT2D eigenvalue weighted by atomic mass is 32.1. The van der Waals surface area contributed by atoms with Crippen molar-refractivity contribution in [3.8, 4) is 17.2 Å². The highest BCUT2D eigenvalue weighted by molar-refractivity contribution is 7.17. The average molecular weight is 381 g/mol. The molecule has 6 heteroatoms. The second-order valence-electron chi connectivity index (χ2n) is 7.43. The van der Waals surface area contributed by atoms with Crippen LogP contribution in [0, 0.1) is 0 Å². The Morgan fingerprint density at radius 3 is 2.12 bits per heavy atom. The summed E-state index contributed by atoms with van der Waals surface area (Å²) in [5.41, 5.74) is 1.35. The molecule has 4 nitrogen and oxygen atoms in total. The predicted octanol–water partition coefficient (Wildman–Crippen LogP) is 6.09. The molecule has 25 heavy (non-hydrogen) atoms. The molecule has 0 fully saturated rings. The molecule has 0 spiro atoms. The normalized spacial score (nSPS) is 12.4. The van der Waals surface area contributed by atoms with Gasteiger partial charge in [-0.05, 0) is 22.7 Å². The molecule has 0 unspecified atom stereocenters. The number of thiophene rings is 1. The first-order chi connectivity index (χ1) is 11.6. The summed E-state index contributed by atoms with van der Waals surface area (Å²) in [5.74, 6) is 0.787. The minimum absolute atomic E-state index is 0.0872. The van der Waals surface area contributed by atoms with Crippen LogP contribution < -0.4 is 9.16 Å². The van der Waals surface area contributed by atoms with Crippen molar-refractivity contribution in [3.05, 3.63) is 17.5 Å². The van der Waals surface area contributed by atoms with E-state index in [9.17, 15) is 9.90 Å². The van der Waals surface area contributed by atoms with Crippen molar-refractivity contribution in [3.63, 3.8) is 0 Å². The number of ether oxygens (including phenoxy) is 1. The maximum absolute atomic E-state index is 11.2. The molecule has 2 aromatic rings. The van der Waals surface area contributed by atoms with Crippen molar-refractivity contribution >= 4 is 35.7 Å². The van der Waals surface area contributed by atoms with Crippen LogP contribution in [0.1, 0.15) is 48.5 Å². The van der Waals surface area contributed by atoms with Crippen LogP contribution in [0.25, 0.3) is 10.1 Å². The number of carbonyl (C=O) groups is 1. The van der Waals surface area contributed by atoms with E-state index < -0.39 is 14.3 Å². The second kappa shape index (κ2) is 7.38. The summed E-state index contributed by atoms with van der Waals surface area (Å²) < 4.78 is 12.7. The SMILES string of the molecule is CC(=O)Oc1csc2cc(O[Si](C(C)C)(C(C)C)C(C)C)cc(O)c12. The lowest BCUT2D eigenvalue weighted by molar-refractivity contribution is -0.131. The monoisotopic (exact) mass is 380 g/mol. The Kier molecular flexibility index (Phi) is 5.84. The van der Waals surface area contributed by atoms with Crippen LogP contribution >= 0.6 is 11.3 Å². The molecule has 0 radical (unpaired) electrons. The molecule has 138 valence electrons. The summed E-state index contributed by atoms with van der Waals surface area (Å²) in [4.78, 5) is 11.2. The second-order valence-corrected chi connectivity index (χ2v) is 13.7. The Balaban J connectivity index is 2.49. The van der Waals surface area contributed by atoms with E-state index in [0.717, 1.165) is 4.70 Å². The summed E-state index contributed by atoms with van der Waals surface area (Å²) in [6, 6.07) is 3.60. The van der Waals surface area contributed by atoms with Gasteiger partial charge in [0.05, 0.1) is 5.39 Å². The minimum Gasteiger partial charge on any atom is -0.543 e. The highest BCUT2D eigenvalue weighted by Gasteiger charge is 2.47. The van der Waals surface area contributed by atoms with Crippen LogP contribution in [0.15, 0.2) is 17.5 Å². The first-order valence-corrected chi connectivity index (χ1v) is 11.7. The van der Waals surface area contributed by atoms with E-state index in [0.29, 0.717) is 33.5 Å². The Bertz CT molecular complexity index is 742. The molecule has 1 aromatic heterocycles. The molecule has 1 N–H and O–H groups in total. The van der Waals surface area contributed by atoms with E-state index in [4.69, 9.17) is 9.16 Å². The third-order valence-electron chi connectivity index (χ3n) is 4.85. The van der Waals surface area contributed by atoms with Gasteiger partial charge >= 0.3 is 5.97 Å². The third-order valence-corrected chi connectivity index (χ3v) is 11.8. The van der Waals surface area contributed by atoms with E-state index >= 15 is 0 Å². The molecule has 0 amide bonds. The zero-order valence-corrected chi connectivity index (χ0v) is 17.9. The first-order valence-electron chi connectivity index (χ1n) is 8.71. The molecule has 2 rings (SSSR count). The fourth-order valence-corrected chi connectivity index (χ4v) is 10.1. The number of hydrogen-bond acceptors (Lipinski definition) is 5. The van der Waals surface area contributed by atoms with Gasteiger partial charge in [0.15, 0.2) is 5.75 Å². The third kappa shape index (κ3) is 3.70. The van der Waals surface area contributed by atoms with Crippen LogP contribution in [-0.4, -0.2) is 19.4 Å². The van der Waals surface area contributed by atoms with Crippen molar-refractivity contribution in [2.45, 2.75) is 65.1 Å². The highest BCUT2D eigenvalue weighted by Crippen LogP contribution is 2.46. The fraction of sp³-hybridized carbons (Fsp3) is 0.526. The Morgan fingerprint density at radius 1 is 1.08 bits per heavy atom. The quantitative estimate of drug-likeness (QED) is 0.487. The van der Waals surface area contributed by atoms with Crippen molar-refractivity contribution in [1.82, 2.24) is 0 Å². The molecule has 1 aromatic carbocycles. The summed E-state index contributed by atoms with van der Waals surface area (Å²) in [7, 11) is -2.09. The summed E-state index contributed by atoms with van der Waals surface area (Å²) >= 11 is 1.43. The number of esters is 1. The largest absolute Gasteiger partial charge is 0.543 e. The van der Waals surface area contributed by atoms with Gasteiger partial charge in [-0.15, -0.1) is 11.3 Å². The van der Waals surface area contributed by atoms with Crippen LogP contribution in [0.5, 0.6) is 17.2 Å². The van der Waals surface area contributed by atoms with E-state index in [2.05, 4.69) is 41.5 Å².